The minimum atomic E-state index is 0.199. The highest BCUT2D eigenvalue weighted by Crippen LogP contribution is 2.33. The van der Waals surface area contributed by atoms with Crippen LogP contribution in [-0.2, 0) is 11.2 Å². The molecule has 2 nitrogen and oxygen atoms in total. The fraction of sp³-hybridized carbons (Fsp3) is 0.600. The molecule has 2 rings (SSSR count). The van der Waals surface area contributed by atoms with Crippen LogP contribution in [-0.4, -0.2) is 25.2 Å². The van der Waals surface area contributed by atoms with Gasteiger partial charge in [0, 0.05) is 29.0 Å². The summed E-state index contributed by atoms with van der Waals surface area (Å²) in [6.45, 7) is 4.49. The predicted octanol–water partition coefficient (Wildman–Crippen LogP) is 4.47. The normalized spacial score (nSPS) is 18.3. The minimum absolute atomic E-state index is 0.199. The maximum Gasteiger partial charge on any atom is 0.119 e. The van der Waals surface area contributed by atoms with Crippen molar-refractivity contribution in [1.29, 1.82) is 0 Å². The number of benzene rings is 1. The number of aryl methyl sites for hydroxylation is 1. The molecular formula is C15H20BrClO2. The molecule has 1 heterocycles. The summed E-state index contributed by atoms with van der Waals surface area (Å²) in [7, 11) is 0. The molecule has 1 fully saturated rings. The van der Waals surface area contributed by atoms with Crippen LogP contribution in [0.5, 0.6) is 5.75 Å². The molecule has 0 aliphatic carbocycles. The van der Waals surface area contributed by atoms with Crippen molar-refractivity contribution in [2.24, 2.45) is 5.41 Å². The Morgan fingerprint density at radius 2 is 2.11 bits per heavy atom. The maximum atomic E-state index is 6.12. The van der Waals surface area contributed by atoms with Crippen LogP contribution in [0.25, 0.3) is 0 Å². The second kappa shape index (κ2) is 6.96. The van der Waals surface area contributed by atoms with Crippen LogP contribution in [0.1, 0.15) is 25.3 Å². The number of hydrogen-bond donors (Lipinski definition) is 0. The summed E-state index contributed by atoms with van der Waals surface area (Å²) in [5.41, 5.74) is 1.34. The number of ether oxygens (including phenoxy) is 2. The van der Waals surface area contributed by atoms with Crippen molar-refractivity contribution in [2.45, 2.75) is 26.2 Å². The highest BCUT2D eigenvalue weighted by atomic mass is 79.9. The molecule has 0 atom stereocenters. The van der Waals surface area contributed by atoms with Gasteiger partial charge in [0.15, 0.2) is 0 Å². The Morgan fingerprint density at radius 3 is 2.74 bits per heavy atom. The van der Waals surface area contributed by atoms with Crippen LogP contribution in [0.2, 0.25) is 5.02 Å². The van der Waals surface area contributed by atoms with Crippen molar-refractivity contribution < 1.29 is 9.47 Å². The highest BCUT2D eigenvalue weighted by molar-refractivity contribution is 9.09. The van der Waals surface area contributed by atoms with Crippen molar-refractivity contribution in [3.8, 4) is 5.75 Å². The SMILES string of the molecule is CCc1cc(OCC2(CBr)CCOCC2)ccc1Cl. The fourth-order valence-electron chi connectivity index (χ4n) is 2.27. The minimum Gasteiger partial charge on any atom is -0.493 e. The first-order valence-electron chi connectivity index (χ1n) is 6.74. The lowest BCUT2D eigenvalue weighted by Gasteiger charge is -2.35. The van der Waals surface area contributed by atoms with Crippen LogP contribution in [0.15, 0.2) is 18.2 Å². The number of hydrogen-bond acceptors (Lipinski definition) is 2. The van der Waals surface area contributed by atoms with Crippen LogP contribution in [0, 0.1) is 5.41 Å². The second-order valence-corrected chi connectivity index (χ2v) is 6.11. The first kappa shape index (κ1) is 15.1. The Hall–Kier alpha value is -0.250. The van der Waals surface area contributed by atoms with Gasteiger partial charge < -0.3 is 9.47 Å². The average Bonchev–Trinajstić information content (AvgIpc) is 2.47. The van der Waals surface area contributed by atoms with Gasteiger partial charge in [-0.3, -0.25) is 0 Å². The van der Waals surface area contributed by atoms with Crippen molar-refractivity contribution in [1.82, 2.24) is 0 Å². The van der Waals surface area contributed by atoms with Crippen LogP contribution in [0.3, 0.4) is 0 Å². The van der Waals surface area contributed by atoms with Gasteiger partial charge >= 0.3 is 0 Å². The van der Waals surface area contributed by atoms with E-state index in [0.29, 0.717) is 0 Å². The maximum absolute atomic E-state index is 6.12. The molecule has 0 amide bonds. The Bertz CT molecular complexity index is 417. The Morgan fingerprint density at radius 1 is 1.37 bits per heavy atom. The van der Waals surface area contributed by atoms with Crippen LogP contribution >= 0.6 is 27.5 Å². The third kappa shape index (κ3) is 3.87. The standard InChI is InChI=1S/C15H20BrClO2/c1-2-12-9-13(3-4-14(12)17)19-11-15(10-16)5-7-18-8-6-15/h3-4,9H,2,5-8,10-11H2,1H3. The molecule has 0 unspecified atom stereocenters. The first-order chi connectivity index (χ1) is 9.19. The van der Waals surface area contributed by atoms with E-state index in [1.807, 2.05) is 18.2 Å². The Labute approximate surface area is 128 Å². The van der Waals surface area contributed by atoms with E-state index in [9.17, 15) is 0 Å². The molecule has 0 saturated carbocycles. The summed E-state index contributed by atoms with van der Waals surface area (Å²) in [5, 5.41) is 1.77. The van der Waals surface area contributed by atoms with E-state index in [1.165, 1.54) is 0 Å². The van der Waals surface area contributed by atoms with E-state index in [-0.39, 0.29) is 5.41 Å². The van der Waals surface area contributed by atoms with Gasteiger partial charge in [0.1, 0.15) is 5.75 Å². The Kier molecular flexibility index (Phi) is 5.55. The molecule has 1 aliphatic heterocycles. The molecule has 4 heteroatoms. The zero-order valence-corrected chi connectivity index (χ0v) is 13.6. The summed E-state index contributed by atoms with van der Waals surface area (Å²) in [5.74, 6) is 0.910. The van der Waals surface area contributed by atoms with Gasteiger partial charge in [-0.05, 0) is 43.0 Å². The summed E-state index contributed by atoms with van der Waals surface area (Å²) >= 11 is 9.75. The molecule has 0 radical (unpaired) electrons. The van der Waals surface area contributed by atoms with Crippen LogP contribution in [0.4, 0.5) is 0 Å². The molecule has 1 saturated heterocycles. The number of halogens is 2. The molecule has 0 spiro atoms. The molecule has 0 bridgehead atoms. The second-order valence-electron chi connectivity index (χ2n) is 5.14. The molecule has 1 aromatic carbocycles. The third-order valence-electron chi connectivity index (χ3n) is 3.78. The van der Waals surface area contributed by atoms with E-state index < -0.39 is 0 Å². The summed E-state index contributed by atoms with van der Waals surface area (Å²) in [4.78, 5) is 0. The van der Waals surface area contributed by atoms with Crippen molar-refractivity contribution in [3.63, 3.8) is 0 Å². The molecule has 0 aromatic heterocycles. The van der Waals surface area contributed by atoms with Gasteiger partial charge in [-0.2, -0.15) is 0 Å². The van der Waals surface area contributed by atoms with Gasteiger partial charge in [-0.15, -0.1) is 0 Å². The highest BCUT2D eigenvalue weighted by Gasteiger charge is 2.32. The molecule has 1 aromatic rings. The van der Waals surface area contributed by atoms with E-state index in [0.717, 1.165) is 60.7 Å². The fourth-order valence-corrected chi connectivity index (χ4v) is 3.24. The summed E-state index contributed by atoms with van der Waals surface area (Å²) in [6.07, 6.45) is 3.02. The third-order valence-corrected chi connectivity index (χ3v) is 5.34. The number of alkyl halides is 1. The number of rotatable bonds is 5. The van der Waals surface area contributed by atoms with Gasteiger partial charge in [-0.1, -0.05) is 34.5 Å². The molecule has 1 aliphatic rings. The summed E-state index contributed by atoms with van der Waals surface area (Å²) in [6, 6.07) is 5.91. The summed E-state index contributed by atoms with van der Waals surface area (Å²) < 4.78 is 11.4. The predicted molar refractivity (Wildman–Crippen MR) is 82.6 cm³/mol. The molecule has 106 valence electrons. The lowest BCUT2D eigenvalue weighted by atomic mass is 9.83. The molecule has 19 heavy (non-hydrogen) atoms. The monoisotopic (exact) mass is 346 g/mol. The van der Waals surface area contributed by atoms with Gasteiger partial charge in [-0.25, -0.2) is 0 Å². The van der Waals surface area contributed by atoms with E-state index in [4.69, 9.17) is 21.1 Å². The topological polar surface area (TPSA) is 18.5 Å². The van der Waals surface area contributed by atoms with E-state index in [1.54, 1.807) is 0 Å². The van der Waals surface area contributed by atoms with Crippen LogP contribution < -0.4 is 4.74 Å². The van der Waals surface area contributed by atoms with Gasteiger partial charge in [0.25, 0.3) is 0 Å². The smallest absolute Gasteiger partial charge is 0.119 e. The zero-order valence-electron chi connectivity index (χ0n) is 11.3. The lowest BCUT2D eigenvalue weighted by Crippen LogP contribution is -2.36. The van der Waals surface area contributed by atoms with Gasteiger partial charge in [0.2, 0.25) is 0 Å². The van der Waals surface area contributed by atoms with Crippen molar-refractivity contribution in [3.05, 3.63) is 28.8 Å². The van der Waals surface area contributed by atoms with E-state index in [2.05, 4.69) is 22.9 Å². The Balaban J connectivity index is 2.00. The molecular weight excluding hydrogens is 328 g/mol. The largest absolute Gasteiger partial charge is 0.493 e. The average molecular weight is 348 g/mol. The zero-order chi connectivity index (χ0) is 13.7. The quantitative estimate of drug-likeness (QED) is 0.732. The van der Waals surface area contributed by atoms with Gasteiger partial charge in [0.05, 0.1) is 6.61 Å². The lowest BCUT2D eigenvalue weighted by molar-refractivity contribution is 0.00353. The van der Waals surface area contributed by atoms with Crippen molar-refractivity contribution in [2.75, 3.05) is 25.2 Å². The first-order valence-corrected chi connectivity index (χ1v) is 8.24. The van der Waals surface area contributed by atoms with E-state index >= 15 is 0 Å². The van der Waals surface area contributed by atoms with Crippen molar-refractivity contribution >= 4 is 27.5 Å². The molecule has 0 N–H and O–H groups in total.